The highest BCUT2D eigenvalue weighted by Gasteiger charge is 2.30. The van der Waals surface area contributed by atoms with Crippen molar-refractivity contribution in [3.63, 3.8) is 0 Å². The number of benzene rings is 1. The van der Waals surface area contributed by atoms with Gasteiger partial charge in [-0.3, -0.25) is 0 Å². The van der Waals surface area contributed by atoms with Gasteiger partial charge in [-0.05, 0) is 24.1 Å². The first-order valence-electron chi connectivity index (χ1n) is 6.13. The number of hydrogen-bond acceptors (Lipinski definition) is 3. The largest absolute Gasteiger partial charge is 0.416 e. The SMILES string of the molecule is OC(CC1COCCN1)c1ccc(C(F)(F)F)cc1. The fraction of sp³-hybridized carbons (Fsp3) is 0.538. The highest BCUT2D eigenvalue weighted by atomic mass is 19.4. The molecule has 1 saturated heterocycles. The second kappa shape index (κ2) is 5.90. The molecule has 0 aromatic heterocycles. The average molecular weight is 275 g/mol. The van der Waals surface area contributed by atoms with Crippen LogP contribution in [-0.2, 0) is 10.9 Å². The van der Waals surface area contributed by atoms with E-state index in [0.717, 1.165) is 18.7 Å². The Morgan fingerprint density at radius 3 is 2.53 bits per heavy atom. The number of morpholine rings is 1. The quantitative estimate of drug-likeness (QED) is 0.888. The molecule has 2 N–H and O–H groups in total. The van der Waals surface area contributed by atoms with Gasteiger partial charge in [0.25, 0.3) is 0 Å². The van der Waals surface area contributed by atoms with Gasteiger partial charge in [-0.2, -0.15) is 13.2 Å². The van der Waals surface area contributed by atoms with Gasteiger partial charge in [0.05, 0.1) is 24.9 Å². The summed E-state index contributed by atoms with van der Waals surface area (Å²) in [6, 6.07) is 4.65. The number of hydrogen-bond donors (Lipinski definition) is 2. The Morgan fingerprint density at radius 1 is 1.32 bits per heavy atom. The Bertz CT molecular complexity index is 399. The molecular weight excluding hydrogens is 259 g/mol. The Labute approximate surface area is 109 Å². The normalized spacial score (nSPS) is 22.2. The second-order valence-electron chi connectivity index (χ2n) is 4.60. The zero-order valence-corrected chi connectivity index (χ0v) is 10.3. The zero-order chi connectivity index (χ0) is 13.9. The molecule has 6 heteroatoms. The van der Waals surface area contributed by atoms with Crippen molar-refractivity contribution in [1.29, 1.82) is 0 Å². The van der Waals surface area contributed by atoms with Crippen molar-refractivity contribution in [3.05, 3.63) is 35.4 Å². The zero-order valence-electron chi connectivity index (χ0n) is 10.3. The highest BCUT2D eigenvalue weighted by Crippen LogP contribution is 2.30. The molecule has 106 valence electrons. The molecule has 0 saturated carbocycles. The van der Waals surface area contributed by atoms with E-state index in [1.807, 2.05) is 0 Å². The summed E-state index contributed by atoms with van der Waals surface area (Å²) >= 11 is 0. The van der Waals surface area contributed by atoms with Crippen LogP contribution in [0.15, 0.2) is 24.3 Å². The Kier molecular flexibility index (Phi) is 4.44. The molecule has 1 aromatic rings. The van der Waals surface area contributed by atoms with Crippen LogP contribution < -0.4 is 5.32 Å². The van der Waals surface area contributed by atoms with Crippen molar-refractivity contribution in [2.75, 3.05) is 19.8 Å². The minimum absolute atomic E-state index is 0.0334. The van der Waals surface area contributed by atoms with Crippen molar-refractivity contribution < 1.29 is 23.0 Å². The van der Waals surface area contributed by atoms with Crippen LogP contribution in [-0.4, -0.2) is 30.9 Å². The van der Waals surface area contributed by atoms with Crippen molar-refractivity contribution >= 4 is 0 Å². The summed E-state index contributed by atoms with van der Waals surface area (Å²) in [4.78, 5) is 0. The van der Waals surface area contributed by atoms with E-state index < -0.39 is 17.8 Å². The summed E-state index contributed by atoms with van der Waals surface area (Å²) in [5, 5.41) is 13.2. The van der Waals surface area contributed by atoms with Crippen LogP contribution in [0.3, 0.4) is 0 Å². The number of aliphatic hydroxyl groups is 1. The molecule has 1 aliphatic heterocycles. The minimum atomic E-state index is -4.34. The molecule has 1 fully saturated rings. The number of ether oxygens (including phenoxy) is 1. The van der Waals surface area contributed by atoms with Gasteiger partial charge in [0.2, 0.25) is 0 Å². The smallest absolute Gasteiger partial charge is 0.388 e. The monoisotopic (exact) mass is 275 g/mol. The molecular formula is C13H16F3NO2. The standard InChI is InChI=1S/C13H16F3NO2/c14-13(15,16)10-3-1-9(2-4-10)12(18)7-11-8-19-6-5-17-11/h1-4,11-12,17-18H,5-8H2. The Balaban J connectivity index is 1.97. The van der Waals surface area contributed by atoms with E-state index in [-0.39, 0.29) is 6.04 Å². The fourth-order valence-electron chi connectivity index (χ4n) is 2.07. The van der Waals surface area contributed by atoms with E-state index in [9.17, 15) is 18.3 Å². The van der Waals surface area contributed by atoms with Crippen LogP contribution in [0.25, 0.3) is 0 Å². The van der Waals surface area contributed by atoms with E-state index >= 15 is 0 Å². The third-order valence-corrected chi connectivity index (χ3v) is 3.13. The van der Waals surface area contributed by atoms with Crippen LogP contribution in [0.5, 0.6) is 0 Å². The number of nitrogens with one attached hydrogen (secondary N) is 1. The number of aliphatic hydroxyl groups excluding tert-OH is 1. The van der Waals surface area contributed by atoms with Crippen molar-refractivity contribution in [2.45, 2.75) is 24.7 Å². The van der Waals surface area contributed by atoms with Gasteiger partial charge < -0.3 is 15.2 Å². The van der Waals surface area contributed by atoms with Gasteiger partial charge in [-0.25, -0.2) is 0 Å². The highest BCUT2D eigenvalue weighted by molar-refractivity contribution is 5.26. The summed E-state index contributed by atoms with van der Waals surface area (Å²) < 4.78 is 42.5. The molecule has 0 radical (unpaired) electrons. The van der Waals surface area contributed by atoms with Crippen molar-refractivity contribution in [3.8, 4) is 0 Å². The predicted octanol–water partition coefficient (Wildman–Crippen LogP) is 2.12. The van der Waals surface area contributed by atoms with Gasteiger partial charge in [-0.15, -0.1) is 0 Å². The first kappa shape index (κ1) is 14.3. The van der Waals surface area contributed by atoms with E-state index in [1.54, 1.807) is 0 Å². The lowest BCUT2D eigenvalue weighted by Gasteiger charge is -2.26. The molecule has 2 atom stereocenters. The summed E-state index contributed by atoms with van der Waals surface area (Å²) in [6.45, 7) is 1.88. The Hall–Kier alpha value is -1.11. The van der Waals surface area contributed by atoms with Crippen LogP contribution in [0.2, 0.25) is 0 Å². The van der Waals surface area contributed by atoms with Crippen LogP contribution in [0, 0.1) is 0 Å². The minimum Gasteiger partial charge on any atom is -0.388 e. The van der Waals surface area contributed by atoms with Crippen molar-refractivity contribution in [1.82, 2.24) is 5.32 Å². The molecule has 0 aliphatic carbocycles. The maximum Gasteiger partial charge on any atom is 0.416 e. The van der Waals surface area contributed by atoms with Crippen molar-refractivity contribution in [2.24, 2.45) is 0 Å². The van der Waals surface area contributed by atoms with Crippen LogP contribution in [0.4, 0.5) is 13.2 Å². The van der Waals surface area contributed by atoms with E-state index in [0.29, 0.717) is 25.2 Å². The fourth-order valence-corrected chi connectivity index (χ4v) is 2.07. The lowest BCUT2D eigenvalue weighted by molar-refractivity contribution is -0.137. The van der Waals surface area contributed by atoms with E-state index in [2.05, 4.69) is 5.32 Å². The predicted molar refractivity (Wildman–Crippen MR) is 63.6 cm³/mol. The molecule has 0 spiro atoms. The molecule has 3 nitrogen and oxygen atoms in total. The van der Waals surface area contributed by atoms with E-state index in [1.165, 1.54) is 12.1 Å². The van der Waals surface area contributed by atoms with Gasteiger partial charge in [0, 0.05) is 12.6 Å². The lowest BCUT2D eigenvalue weighted by Crippen LogP contribution is -2.42. The number of halogens is 3. The summed E-state index contributed by atoms with van der Waals surface area (Å²) in [7, 11) is 0. The van der Waals surface area contributed by atoms with Gasteiger partial charge in [-0.1, -0.05) is 12.1 Å². The molecule has 1 aliphatic rings. The molecule has 19 heavy (non-hydrogen) atoms. The van der Waals surface area contributed by atoms with Gasteiger partial charge >= 0.3 is 6.18 Å². The molecule has 1 heterocycles. The van der Waals surface area contributed by atoms with E-state index in [4.69, 9.17) is 4.74 Å². The second-order valence-corrected chi connectivity index (χ2v) is 4.60. The van der Waals surface area contributed by atoms with Crippen LogP contribution >= 0.6 is 0 Å². The first-order valence-corrected chi connectivity index (χ1v) is 6.13. The number of rotatable bonds is 3. The maximum atomic E-state index is 12.4. The molecule has 1 aromatic carbocycles. The summed E-state index contributed by atoms with van der Waals surface area (Å²) in [5.74, 6) is 0. The molecule has 0 bridgehead atoms. The third-order valence-electron chi connectivity index (χ3n) is 3.13. The van der Waals surface area contributed by atoms with Gasteiger partial charge in [0.1, 0.15) is 0 Å². The molecule has 0 amide bonds. The average Bonchev–Trinajstić information content (AvgIpc) is 2.39. The Morgan fingerprint density at radius 2 is 2.00 bits per heavy atom. The number of alkyl halides is 3. The van der Waals surface area contributed by atoms with Crippen LogP contribution in [0.1, 0.15) is 23.7 Å². The first-order chi connectivity index (χ1) is 8.97. The summed E-state index contributed by atoms with van der Waals surface area (Å²) in [5.41, 5.74) is -0.219. The maximum absolute atomic E-state index is 12.4. The lowest BCUT2D eigenvalue weighted by atomic mass is 10.0. The molecule has 2 rings (SSSR count). The third kappa shape index (κ3) is 3.92. The summed E-state index contributed by atoms with van der Waals surface area (Å²) in [6.07, 6.45) is -4.71. The molecule has 2 unspecified atom stereocenters. The van der Waals surface area contributed by atoms with Gasteiger partial charge in [0.15, 0.2) is 0 Å². The topological polar surface area (TPSA) is 41.5 Å².